The highest BCUT2D eigenvalue weighted by atomic mass is 79.9. The second-order valence-corrected chi connectivity index (χ2v) is 3.31. The molecule has 0 atom stereocenters. The Labute approximate surface area is 81.5 Å². The van der Waals surface area contributed by atoms with Gasteiger partial charge in [-0.25, -0.2) is 9.97 Å². The Balaban J connectivity index is 2.97. The topological polar surface area (TPSA) is 56.2 Å². The Morgan fingerprint density at radius 3 is 3.08 bits per heavy atom. The molecule has 0 radical (unpaired) electrons. The van der Waals surface area contributed by atoms with E-state index in [9.17, 15) is 0 Å². The summed E-state index contributed by atoms with van der Waals surface area (Å²) in [5, 5.41) is 0.469. The highest BCUT2D eigenvalue weighted by Gasteiger charge is 2.08. The number of imidazole rings is 1. The van der Waals surface area contributed by atoms with Crippen LogP contribution in [0.3, 0.4) is 0 Å². The molecule has 12 heavy (non-hydrogen) atoms. The van der Waals surface area contributed by atoms with Crippen LogP contribution in [0, 0.1) is 0 Å². The van der Waals surface area contributed by atoms with Gasteiger partial charge in [-0.15, -0.1) is 0 Å². The van der Waals surface area contributed by atoms with Crippen molar-refractivity contribution >= 4 is 39.0 Å². The third kappa shape index (κ3) is 0.971. The van der Waals surface area contributed by atoms with E-state index in [1.165, 1.54) is 0 Å². The SMILES string of the molecule is Nc1nc(Br)c(Cl)n2ccnc12. The van der Waals surface area contributed by atoms with Crippen LogP contribution in [-0.2, 0) is 0 Å². The number of nitrogens with zero attached hydrogens (tertiary/aromatic N) is 3. The molecule has 2 N–H and O–H groups in total. The molecule has 0 amide bonds. The first kappa shape index (κ1) is 7.82. The molecule has 0 bridgehead atoms. The molecule has 2 aromatic heterocycles. The Hall–Kier alpha value is -0.810. The first-order valence-corrected chi connectivity index (χ1v) is 4.31. The van der Waals surface area contributed by atoms with E-state index in [0.29, 0.717) is 21.2 Å². The summed E-state index contributed by atoms with van der Waals surface area (Å²) >= 11 is 9.08. The third-order valence-electron chi connectivity index (χ3n) is 1.47. The van der Waals surface area contributed by atoms with Gasteiger partial charge in [-0.05, 0) is 15.9 Å². The van der Waals surface area contributed by atoms with Crippen LogP contribution in [-0.4, -0.2) is 14.4 Å². The molecule has 0 unspecified atom stereocenters. The lowest BCUT2D eigenvalue weighted by Gasteiger charge is -2.01. The molecule has 0 saturated heterocycles. The second kappa shape index (κ2) is 2.60. The first-order valence-electron chi connectivity index (χ1n) is 3.13. The lowest BCUT2D eigenvalue weighted by Crippen LogP contribution is -1.98. The molecule has 0 spiro atoms. The number of nitrogen functional groups attached to an aromatic ring is 1. The molecule has 2 heterocycles. The average molecular weight is 247 g/mol. The Kier molecular flexibility index (Phi) is 1.69. The molecule has 0 saturated carbocycles. The monoisotopic (exact) mass is 246 g/mol. The van der Waals surface area contributed by atoms with E-state index >= 15 is 0 Å². The highest BCUT2D eigenvalue weighted by molar-refractivity contribution is 9.10. The van der Waals surface area contributed by atoms with Crippen molar-refractivity contribution in [2.75, 3.05) is 5.73 Å². The minimum Gasteiger partial charge on any atom is -0.381 e. The molecule has 0 aliphatic rings. The number of halogens is 2. The zero-order valence-corrected chi connectivity index (χ0v) is 8.17. The van der Waals surface area contributed by atoms with Crippen molar-refractivity contribution in [3.8, 4) is 0 Å². The average Bonchev–Trinajstić information content (AvgIpc) is 2.48. The molecule has 0 aromatic carbocycles. The van der Waals surface area contributed by atoms with E-state index < -0.39 is 0 Å². The van der Waals surface area contributed by atoms with Crippen molar-refractivity contribution < 1.29 is 0 Å². The quantitative estimate of drug-likeness (QED) is 0.771. The van der Waals surface area contributed by atoms with Crippen LogP contribution >= 0.6 is 27.5 Å². The number of aromatic nitrogens is 3. The van der Waals surface area contributed by atoms with Crippen LogP contribution in [0.25, 0.3) is 5.65 Å². The normalized spacial score (nSPS) is 10.8. The Morgan fingerprint density at radius 2 is 2.33 bits per heavy atom. The van der Waals surface area contributed by atoms with Crippen LogP contribution in [0.2, 0.25) is 5.15 Å². The number of hydrogen-bond acceptors (Lipinski definition) is 3. The molecule has 2 aromatic rings. The summed E-state index contributed by atoms with van der Waals surface area (Å²) in [6.07, 6.45) is 3.34. The minimum absolute atomic E-state index is 0.358. The molecular weight excluding hydrogens is 243 g/mol. The van der Waals surface area contributed by atoms with Gasteiger partial charge in [0.05, 0.1) is 0 Å². The van der Waals surface area contributed by atoms with E-state index in [4.69, 9.17) is 17.3 Å². The largest absolute Gasteiger partial charge is 0.381 e. The van der Waals surface area contributed by atoms with Crippen molar-refractivity contribution in [3.63, 3.8) is 0 Å². The van der Waals surface area contributed by atoms with Gasteiger partial charge in [0.1, 0.15) is 9.76 Å². The Bertz CT molecular complexity index is 438. The van der Waals surface area contributed by atoms with Gasteiger partial charge in [0.25, 0.3) is 0 Å². The van der Waals surface area contributed by atoms with Crippen molar-refractivity contribution in [1.82, 2.24) is 14.4 Å². The van der Waals surface area contributed by atoms with Crippen LogP contribution in [0.4, 0.5) is 5.82 Å². The summed E-state index contributed by atoms with van der Waals surface area (Å²) in [6.45, 7) is 0. The summed E-state index contributed by atoms with van der Waals surface area (Å²) in [7, 11) is 0. The van der Waals surface area contributed by atoms with E-state index in [1.54, 1.807) is 16.8 Å². The third-order valence-corrected chi connectivity index (χ3v) is 2.61. The fourth-order valence-corrected chi connectivity index (χ4v) is 1.51. The van der Waals surface area contributed by atoms with Gasteiger partial charge >= 0.3 is 0 Å². The van der Waals surface area contributed by atoms with E-state index in [1.807, 2.05) is 0 Å². The fraction of sp³-hybridized carbons (Fsp3) is 0. The van der Waals surface area contributed by atoms with Gasteiger partial charge < -0.3 is 5.73 Å². The van der Waals surface area contributed by atoms with Gasteiger partial charge in [0.2, 0.25) is 0 Å². The van der Waals surface area contributed by atoms with E-state index in [0.717, 1.165) is 0 Å². The standard InChI is InChI=1S/C6H4BrClN4/c7-3-4(8)12-2-1-10-6(12)5(9)11-3/h1-2H,(H2,9,11). The zero-order chi connectivity index (χ0) is 8.72. The minimum atomic E-state index is 0.358. The molecule has 0 aliphatic heterocycles. The highest BCUT2D eigenvalue weighted by Crippen LogP contribution is 2.23. The van der Waals surface area contributed by atoms with Gasteiger partial charge in [0.15, 0.2) is 11.5 Å². The number of rotatable bonds is 0. The molecule has 0 aliphatic carbocycles. The van der Waals surface area contributed by atoms with Crippen molar-refractivity contribution in [2.24, 2.45) is 0 Å². The van der Waals surface area contributed by atoms with Gasteiger partial charge in [-0.3, -0.25) is 4.40 Å². The summed E-state index contributed by atoms with van der Waals surface area (Å²) in [5.74, 6) is 0.358. The van der Waals surface area contributed by atoms with Gasteiger partial charge in [-0.1, -0.05) is 11.6 Å². The van der Waals surface area contributed by atoms with Crippen molar-refractivity contribution in [3.05, 3.63) is 22.1 Å². The number of nitrogens with two attached hydrogens (primary N) is 1. The number of fused-ring (bicyclic) bond motifs is 1. The van der Waals surface area contributed by atoms with Gasteiger partial charge in [0, 0.05) is 12.4 Å². The lowest BCUT2D eigenvalue weighted by molar-refractivity contribution is 1.11. The summed E-state index contributed by atoms with van der Waals surface area (Å²) < 4.78 is 2.18. The maximum atomic E-state index is 5.90. The van der Waals surface area contributed by atoms with E-state index in [-0.39, 0.29) is 0 Å². The lowest BCUT2D eigenvalue weighted by atomic mass is 10.6. The molecule has 4 nitrogen and oxygen atoms in total. The summed E-state index contributed by atoms with van der Waals surface area (Å²) in [4.78, 5) is 7.94. The molecule has 0 fully saturated rings. The predicted molar refractivity (Wildman–Crippen MR) is 50.1 cm³/mol. The number of anilines is 1. The van der Waals surface area contributed by atoms with E-state index in [2.05, 4.69) is 25.9 Å². The fourth-order valence-electron chi connectivity index (χ4n) is 0.953. The van der Waals surface area contributed by atoms with Crippen LogP contribution in [0.15, 0.2) is 17.0 Å². The Morgan fingerprint density at radius 1 is 1.58 bits per heavy atom. The van der Waals surface area contributed by atoms with Crippen LogP contribution < -0.4 is 5.73 Å². The molecule has 62 valence electrons. The van der Waals surface area contributed by atoms with Crippen molar-refractivity contribution in [2.45, 2.75) is 0 Å². The predicted octanol–water partition coefficient (Wildman–Crippen LogP) is 1.73. The first-order chi connectivity index (χ1) is 5.70. The summed E-state index contributed by atoms with van der Waals surface area (Å²) in [5.41, 5.74) is 6.16. The van der Waals surface area contributed by atoms with Gasteiger partial charge in [-0.2, -0.15) is 0 Å². The maximum Gasteiger partial charge on any atom is 0.181 e. The smallest absolute Gasteiger partial charge is 0.181 e. The maximum absolute atomic E-state index is 5.90. The molecule has 6 heteroatoms. The zero-order valence-electron chi connectivity index (χ0n) is 5.83. The number of hydrogen-bond donors (Lipinski definition) is 1. The van der Waals surface area contributed by atoms with Crippen molar-refractivity contribution in [1.29, 1.82) is 0 Å². The van der Waals surface area contributed by atoms with Crippen LogP contribution in [0.5, 0.6) is 0 Å². The molecular formula is C6H4BrClN4. The molecule has 2 rings (SSSR count). The summed E-state index contributed by atoms with van der Waals surface area (Å²) in [6, 6.07) is 0. The van der Waals surface area contributed by atoms with Crippen LogP contribution in [0.1, 0.15) is 0 Å². The second-order valence-electron chi connectivity index (χ2n) is 2.20.